The second kappa shape index (κ2) is 8.19. The van der Waals surface area contributed by atoms with E-state index in [0.717, 1.165) is 52.9 Å². The van der Waals surface area contributed by atoms with Crippen LogP contribution >= 0.6 is 0 Å². The molecule has 2 aromatic carbocycles. The van der Waals surface area contributed by atoms with E-state index in [4.69, 9.17) is 4.98 Å². The third-order valence-electron chi connectivity index (χ3n) is 6.32. The van der Waals surface area contributed by atoms with Crippen LogP contribution in [0.3, 0.4) is 0 Å². The molecule has 0 radical (unpaired) electrons. The highest BCUT2D eigenvalue weighted by molar-refractivity contribution is 5.98. The maximum atomic E-state index is 13.3. The van der Waals surface area contributed by atoms with Gasteiger partial charge in [0.25, 0.3) is 5.91 Å². The molecule has 32 heavy (non-hydrogen) atoms. The number of benzene rings is 2. The molecule has 1 amide bonds. The van der Waals surface area contributed by atoms with E-state index in [1.807, 2.05) is 60.0 Å². The van der Waals surface area contributed by atoms with E-state index in [1.54, 1.807) is 12.1 Å². The molecule has 1 aliphatic rings. The van der Waals surface area contributed by atoms with E-state index >= 15 is 0 Å². The highest BCUT2D eigenvalue weighted by Crippen LogP contribution is 2.29. The van der Waals surface area contributed by atoms with Crippen LogP contribution in [-0.4, -0.2) is 38.7 Å². The number of nitrogens with zero attached hydrogens (tertiary/aromatic N) is 4. The molecule has 1 aliphatic heterocycles. The fourth-order valence-corrected chi connectivity index (χ4v) is 4.62. The molecule has 5 nitrogen and oxygen atoms in total. The molecule has 1 atom stereocenters. The van der Waals surface area contributed by atoms with Crippen LogP contribution in [0.15, 0.2) is 60.7 Å². The fourth-order valence-electron chi connectivity index (χ4n) is 4.62. The number of likely N-dealkylation sites (tertiary alicyclic amines) is 1. The number of halogens is 1. The number of aromatic nitrogens is 3. The number of rotatable bonds is 3. The Morgan fingerprint density at radius 1 is 1.09 bits per heavy atom. The Morgan fingerprint density at radius 2 is 1.91 bits per heavy atom. The van der Waals surface area contributed by atoms with Gasteiger partial charge in [-0.2, -0.15) is 5.10 Å². The van der Waals surface area contributed by atoms with E-state index in [9.17, 15) is 9.18 Å². The van der Waals surface area contributed by atoms with E-state index in [0.29, 0.717) is 12.1 Å². The highest BCUT2D eigenvalue weighted by Gasteiger charge is 2.27. The molecule has 162 valence electrons. The van der Waals surface area contributed by atoms with Crippen LogP contribution in [0.2, 0.25) is 0 Å². The van der Waals surface area contributed by atoms with Gasteiger partial charge >= 0.3 is 0 Å². The van der Waals surface area contributed by atoms with E-state index in [2.05, 4.69) is 5.10 Å². The number of piperidine rings is 1. The largest absolute Gasteiger partial charge is 0.338 e. The van der Waals surface area contributed by atoms with Gasteiger partial charge in [-0.3, -0.25) is 14.5 Å². The van der Waals surface area contributed by atoms with Crippen LogP contribution in [0, 0.1) is 12.7 Å². The third-order valence-corrected chi connectivity index (χ3v) is 6.32. The smallest absolute Gasteiger partial charge is 0.253 e. The predicted octanol–water partition coefficient (Wildman–Crippen LogP) is 5.10. The Kier molecular flexibility index (Phi) is 5.21. The zero-order valence-electron chi connectivity index (χ0n) is 18.3. The Hall–Kier alpha value is -3.54. The summed E-state index contributed by atoms with van der Waals surface area (Å²) in [6, 6.07) is 18.2. The predicted molar refractivity (Wildman–Crippen MR) is 123 cm³/mol. The molecule has 0 unspecified atom stereocenters. The SMILES string of the molecule is Cc1nn(C)c2ccc(C(=O)N3CCC[C@@H](c4cccc(-c5ccc(F)cc5)n4)C3)cc12. The zero-order valence-corrected chi connectivity index (χ0v) is 18.3. The maximum Gasteiger partial charge on any atom is 0.253 e. The summed E-state index contributed by atoms with van der Waals surface area (Å²) in [5.41, 5.74) is 5.33. The first-order valence-electron chi connectivity index (χ1n) is 10.9. The first-order valence-corrected chi connectivity index (χ1v) is 10.9. The topological polar surface area (TPSA) is 51.0 Å². The first-order chi connectivity index (χ1) is 15.5. The van der Waals surface area contributed by atoms with Crippen molar-refractivity contribution in [3.8, 4) is 11.3 Å². The molecule has 5 rings (SSSR count). The molecule has 1 saturated heterocycles. The van der Waals surface area contributed by atoms with Crippen molar-refractivity contribution in [1.29, 1.82) is 0 Å². The van der Waals surface area contributed by atoms with Crippen LogP contribution in [0.4, 0.5) is 4.39 Å². The minimum Gasteiger partial charge on any atom is -0.338 e. The monoisotopic (exact) mass is 428 g/mol. The molecule has 0 spiro atoms. The van der Waals surface area contributed by atoms with Gasteiger partial charge in [-0.05, 0) is 74.4 Å². The third kappa shape index (κ3) is 3.77. The first kappa shape index (κ1) is 20.4. The van der Waals surface area contributed by atoms with Crippen molar-refractivity contribution < 1.29 is 9.18 Å². The minimum atomic E-state index is -0.258. The molecular weight excluding hydrogens is 403 g/mol. The lowest BCUT2D eigenvalue weighted by Gasteiger charge is -2.32. The van der Waals surface area contributed by atoms with Crippen molar-refractivity contribution in [2.24, 2.45) is 7.05 Å². The summed E-state index contributed by atoms with van der Waals surface area (Å²) in [4.78, 5) is 20.1. The molecular formula is C26H25FN4O. The lowest BCUT2D eigenvalue weighted by molar-refractivity contribution is 0.0706. The molecule has 1 fully saturated rings. The van der Waals surface area contributed by atoms with Gasteiger partial charge in [0.15, 0.2) is 0 Å². The molecule has 4 aromatic rings. The molecule has 2 aromatic heterocycles. The Labute approximate surface area is 186 Å². The van der Waals surface area contributed by atoms with Crippen molar-refractivity contribution >= 4 is 16.8 Å². The average molecular weight is 429 g/mol. The summed E-state index contributed by atoms with van der Waals surface area (Å²) in [7, 11) is 1.92. The number of aryl methyl sites for hydroxylation is 2. The van der Waals surface area contributed by atoms with Crippen molar-refractivity contribution in [2.45, 2.75) is 25.7 Å². The minimum absolute atomic E-state index is 0.0505. The lowest BCUT2D eigenvalue weighted by Crippen LogP contribution is -2.39. The van der Waals surface area contributed by atoms with Crippen LogP contribution in [0.5, 0.6) is 0 Å². The maximum absolute atomic E-state index is 13.3. The molecule has 6 heteroatoms. The highest BCUT2D eigenvalue weighted by atomic mass is 19.1. The van der Waals surface area contributed by atoms with Gasteiger partial charge in [-0.25, -0.2) is 4.39 Å². The fraction of sp³-hybridized carbons (Fsp3) is 0.269. The van der Waals surface area contributed by atoms with E-state index in [-0.39, 0.29) is 17.6 Å². The molecule has 0 N–H and O–H groups in total. The molecule has 0 saturated carbocycles. The number of carbonyl (C=O) groups excluding carboxylic acids is 1. The van der Waals surface area contributed by atoms with Gasteiger partial charge in [0.2, 0.25) is 0 Å². The van der Waals surface area contributed by atoms with Crippen LogP contribution in [-0.2, 0) is 7.05 Å². The Morgan fingerprint density at radius 3 is 2.72 bits per heavy atom. The van der Waals surface area contributed by atoms with Crippen LogP contribution in [0.1, 0.15) is 40.5 Å². The van der Waals surface area contributed by atoms with Crippen molar-refractivity contribution in [1.82, 2.24) is 19.7 Å². The summed E-state index contributed by atoms with van der Waals surface area (Å²) in [5.74, 6) is -0.0301. The van der Waals surface area contributed by atoms with Gasteiger partial charge in [0, 0.05) is 48.3 Å². The van der Waals surface area contributed by atoms with Gasteiger partial charge in [-0.15, -0.1) is 0 Å². The quantitative estimate of drug-likeness (QED) is 0.456. The number of pyridine rings is 1. The number of amides is 1. The summed E-state index contributed by atoms with van der Waals surface area (Å²) >= 11 is 0. The number of fused-ring (bicyclic) bond motifs is 1. The van der Waals surface area contributed by atoms with E-state index < -0.39 is 0 Å². The zero-order chi connectivity index (χ0) is 22.2. The average Bonchev–Trinajstić information content (AvgIpc) is 3.12. The summed E-state index contributed by atoms with van der Waals surface area (Å²) < 4.78 is 15.1. The van der Waals surface area contributed by atoms with Gasteiger partial charge in [0.05, 0.1) is 16.9 Å². The summed E-state index contributed by atoms with van der Waals surface area (Å²) in [6.07, 6.45) is 1.93. The summed E-state index contributed by atoms with van der Waals surface area (Å²) in [5, 5.41) is 5.47. The van der Waals surface area contributed by atoms with Crippen molar-refractivity contribution in [3.05, 3.63) is 83.4 Å². The van der Waals surface area contributed by atoms with Gasteiger partial charge in [0.1, 0.15) is 5.82 Å². The van der Waals surface area contributed by atoms with Crippen molar-refractivity contribution in [2.75, 3.05) is 13.1 Å². The molecule has 0 aliphatic carbocycles. The van der Waals surface area contributed by atoms with Crippen LogP contribution < -0.4 is 0 Å². The van der Waals surface area contributed by atoms with Crippen molar-refractivity contribution in [3.63, 3.8) is 0 Å². The molecule has 0 bridgehead atoms. The van der Waals surface area contributed by atoms with Crippen LogP contribution in [0.25, 0.3) is 22.2 Å². The standard InChI is InChI=1S/C26H25FN4O/c1-17-22-15-19(10-13-25(22)30(2)29-17)26(32)31-14-4-5-20(16-31)24-7-3-6-23(28-24)18-8-11-21(27)12-9-18/h3,6-13,15,20H,4-5,14,16H2,1-2H3/t20-/m1/s1. The van der Waals surface area contributed by atoms with Gasteiger partial charge in [-0.1, -0.05) is 6.07 Å². The van der Waals surface area contributed by atoms with E-state index in [1.165, 1.54) is 12.1 Å². The number of hydrogen-bond acceptors (Lipinski definition) is 3. The number of hydrogen-bond donors (Lipinski definition) is 0. The Balaban J connectivity index is 1.38. The molecule has 3 heterocycles. The second-order valence-electron chi connectivity index (χ2n) is 8.49. The summed E-state index contributed by atoms with van der Waals surface area (Å²) in [6.45, 7) is 3.35. The lowest BCUT2D eigenvalue weighted by atomic mass is 9.93. The Bertz CT molecular complexity index is 1300. The number of carbonyl (C=O) groups is 1. The van der Waals surface area contributed by atoms with Gasteiger partial charge < -0.3 is 4.90 Å². The normalized spacial score (nSPS) is 16.5. The second-order valence-corrected chi connectivity index (χ2v) is 8.49.